The molecule has 0 aromatic heterocycles. The zero-order chi connectivity index (χ0) is 19.1. The molecule has 0 saturated heterocycles. The molecule has 5 nitrogen and oxygen atoms in total. The van der Waals surface area contributed by atoms with Gasteiger partial charge in [-0.05, 0) is 61.2 Å². The van der Waals surface area contributed by atoms with E-state index < -0.39 is 5.91 Å². The summed E-state index contributed by atoms with van der Waals surface area (Å²) in [5.41, 5.74) is 8.50. The topological polar surface area (TPSA) is 81.4 Å². The van der Waals surface area contributed by atoms with Crippen LogP contribution >= 0.6 is 11.6 Å². The lowest BCUT2D eigenvalue weighted by Crippen LogP contribution is -2.23. The fraction of sp³-hybridized carbons (Fsp3) is 0.300. The van der Waals surface area contributed by atoms with E-state index in [0.29, 0.717) is 31.6 Å². The highest BCUT2D eigenvalue weighted by molar-refractivity contribution is 6.32. The van der Waals surface area contributed by atoms with Crippen molar-refractivity contribution in [2.45, 2.75) is 33.2 Å². The van der Waals surface area contributed by atoms with Crippen molar-refractivity contribution in [1.29, 1.82) is 0 Å². The molecule has 0 aliphatic rings. The number of hydrogen-bond acceptors (Lipinski definition) is 3. The second-order valence-electron chi connectivity index (χ2n) is 6.16. The average molecular weight is 375 g/mol. The normalized spacial score (nSPS) is 10.4. The fourth-order valence-electron chi connectivity index (χ4n) is 2.49. The number of aryl methyl sites for hydroxylation is 2. The summed E-state index contributed by atoms with van der Waals surface area (Å²) in [6.45, 7) is 4.74. The predicted molar refractivity (Wildman–Crippen MR) is 102 cm³/mol. The Morgan fingerprint density at radius 3 is 2.31 bits per heavy atom. The van der Waals surface area contributed by atoms with Crippen LogP contribution in [0.1, 0.15) is 39.9 Å². The smallest absolute Gasteiger partial charge is 0.248 e. The van der Waals surface area contributed by atoms with Gasteiger partial charge in [-0.25, -0.2) is 0 Å². The first kappa shape index (κ1) is 19.8. The number of primary amides is 1. The molecule has 0 bridgehead atoms. The van der Waals surface area contributed by atoms with Crippen molar-refractivity contribution >= 4 is 23.4 Å². The maximum absolute atomic E-state index is 11.9. The number of ether oxygens (including phenoxy) is 1. The average Bonchev–Trinajstić information content (AvgIpc) is 2.61. The van der Waals surface area contributed by atoms with Crippen LogP contribution < -0.4 is 15.8 Å². The predicted octanol–water partition coefficient (Wildman–Crippen LogP) is 3.53. The standard InChI is InChI=1S/C20H23ClN2O3/c1-13-10-17(11-14(2)19(13)21)26-9-3-4-18(24)23-12-15-5-7-16(8-6-15)20(22)25/h5-8,10-11H,3-4,9,12H2,1-2H3,(H2,22,25)(H,23,24). The number of amides is 2. The van der Waals surface area contributed by atoms with Gasteiger partial charge in [-0.15, -0.1) is 0 Å². The highest BCUT2D eigenvalue weighted by Crippen LogP contribution is 2.25. The number of carbonyl (C=O) groups is 2. The number of carbonyl (C=O) groups excluding carboxylic acids is 2. The highest BCUT2D eigenvalue weighted by Gasteiger charge is 2.06. The van der Waals surface area contributed by atoms with Crippen LogP contribution in [0.3, 0.4) is 0 Å². The van der Waals surface area contributed by atoms with Crippen LogP contribution in [0, 0.1) is 13.8 Å². The molecule has 0 aliphatic heterocycles. The lowest BCUT2D eigenvalue weighted by Gasteiger charge is -2.10. The van der Waals surface area contributed by atoms with Crippen LogP contribution in [0.15, 0.2) is 36.4 Å². The van der Waals surface area contributed by atoms with Gasteiger partial charge in [0.2, 0.25) is 11.8 Å². The number of nitrogens with two attached hydrogens (primary N) is 1. The molecule has 0 unspecified atom stereocenters. The molecular formula is C20H23ClN2O3. The highest BCUT2D eigenvalue weighted by atomic mass is 35.5. The first-order valence-electron chi connectivity index (χ1n) is 8.42. The van der Waals surface area contributed by atoms with Crippen LogP contribution in [-0.2, 0) is 11.3 Å². The van der Waals surface area contributed by atoms with Crippen molar-refractivity contribution in [2.75, 3.05) is 6.61 Å². The first-order chi connectivity index (χ1) is 12.4. The number of hydrogen-bond donors (Lipinski definition) is 2. The fourth-order valence-corrected chi connectivity index (χ4v) is 2.60. The monoisotopic (exact) mass is 374 g/mol. The summed E-state index contributed by atoms with van der Waals surface area (Å²) >= 11 is 6.13. The Morgan fingerprint density at radius 2 is 1.73 bits per heavy atom. The van der Waals surface area contributed by atoms with Gasteiger partial charge in [-0.3, -0.25) is 9.59 Å². The Bertz CT molecular complexity index is 765. The zero-order valence-electron chi connectivity index (χ0n) is 15.0. The molecule has 3 N–H and O–H groups in total. The maximum Gasteiger partial charge on any atom is 0.248 e. The summed E-state index contributed by atoms with van der Waals surface area (Å²) in [7, 11) is 0. The summed E-state index contributed by atoms with van der Waals surface area (Å²) in [4.78, 5) is 22.9. The van der Waals surface area contributed by atoms with E-state index in [0.717, 1.165) is 27.5 Å². The molecule has 0 saturated carbocycles. The summed E-state index contributed by atoms with van der Waals surface area (Å²) < 4.78 is 5.69. The quantitative estimate of drug-likeness (QED) is 0.693. The SMILES string of the molecule is Cc1cc(OCCCC(=O)NCc2ccc(C(N)=O)cc2)cc(C)c1Cl. The van der Waals surface area contributed by atoms with Crippen molar-refractivity contribution in [3.05, 3.63) is 63.7 Å². The minimum atomic E-state index is -0.466. The molecular weight excluding hydrogens is 352 g/mol. The molecule has 0 spiro atoms. The van der Waals surface area contributed by atoms with E-state index >= 15 is 0 Å². The summed E-state index contributed by atoms with van der Waals surface area (Å²) in [5, 5.41) is 3.59. The number of rotatable bonds is 8. The van der Waals surface area contributed by atoms with Gasteiger partial charge >= 0.3 is 0 Å². The molecule has 0 radical (unpaired) electrons. The molecule has 2 amide bonds. The maximum atomic E-state index is 11.9. The van der Waals surface area contributed by atoms with E-state index in [9.17, 15) is 9.59 Å². The molecule has 6 heteroatoms. The number of nitrogens with one attached hydrogen (secondary N) is 1. The van der Waals surface area contributed by atoms with E-state index in [-0.39, 0.29) is 5.91 Å². The van der Waals surface area contributed by atoms with Gasteiger partial charge in [0.05, 0.1) is 6.61 Å². The molecule has 0 atom stereocenters. The lowest BCUT2D eigenvalue weighted by atomic mass is 10.1. The van der Waals surface area contributed by atoms with Crippen molar-refractivity contribution in [3.63, 3.8) is 0 Å². The van der Waals surface area contributed by atoms with E-state index in [1.165, 1.54) is 0 Å². The second-order valence-corrected chi connectivity index (χ2v) is 6.54. The van der Waals surface area contributed by atoms with Crippen molar-refractivity contribution in [2.24, 2.45) is 5.73 Å². The van der Waals surface area contributed by atoms with Crippen molar-refractivity contribution < 1.29 is 14.3 Å². The van der Waals surface area contributed by atoms with Crippen molar-refractivity contribution in [3.8, 4) is 5.75 Å². The molecule has 2 aromatic carbocycles. The van der Waals surface area contributed by atoms with Gasteiger partial charge in [-0.2, -0.15) is 0 Å². The Kier molecular flexibility index (Phi) is 7.04. The van der Waals surface area contributed by atoms with Crippen LogP contribution in [0.2, 0.25) is 5.02 Å². The van der Waals surface area contributed by atoms with E-state index in [4.69, 9.17) is 22.1 Å². The van der Waals surface area contributed by atoms with Crippen LogP contribution in [-0.4, -0.2) is 18.4 Å². The van der Waals surface area contributed by atoms with Crippen LogP contribution in [0.4, 0.5) is 0 Å². The molecule has 0 heterocycles. The minimum absolute atomic E-state index is 0.0453. The summed E-state index contributed by atoms with van der Waals surface area (Å²) in [6, 6.07) is 10.6. The van der Waals surface area contributed by atoms with Gasteiger partial charge in [0.15, 0.2) is 0 Å². The Labute approximate surface area is 158 Å². The summed E-state index contributed by atoms with van der Waals surface area (Å²) in [6.07, 6.45) is 0.998. The number of halogens is 1. The zero-order valence-corrected chi connectivity index (χ0v) is 15.7. The third kappa shape index (κ3) is 5.77. The van der Waals surface area contributed by atoms with Gasteiger partial charge in [0.1, 0.15) is 5.75 Å². The largest absolute Gasteiger partial charge is 0.494 e. The van der Waals surface area contributed by atoms with Crippen molar-refractivity contribution in [1.82, 2.24) is 5.32 Å². The Hall–Kier alpha value is -2.53. The molecule has 2 aromatic rings. The Morgan fingerprint density at radius 1 is 1.12 bits per heavy atom. The third-order valence-corrected chi connectivity index (χ3v) is 4.55. The molecule has 0 fully saturated rings. The van der Waals surface area contributed by atoms with E-state index in [1.807, 2.05) is 26.0 Å². The first-order valence-corrected chi connectivity index (χ1v) is 8.79. The summed E-state index contributed by atoms with van der Waals surface area (Å²) in [5.74, 6) is 0.252. The lowest BCUT2D eigenvalue weighted by molar-refractivity contribution is -0.121. The van der Waals surface area contributed by atoms with E-state index in [2.05, 4.69) is 5.32 Å². The van der Waals surface area contributed by atoms with Gasteiger partial charge < -0.3 is 15.8 Å². The van der Waals surface area contributed by atoms with E-state index in [1.54, 1.807) is 24.3 Å². The minimum Gasteiger partial charge on any atom is -0.494 e. The van der Waals surface area contributed by atoms with Gasteiger partial charge in [0, 0.05) is 23.6 Å². The molecule has 138 valence electrons. The van der Waals surface area contributed by atoms with Gasteiger partial charge in [-0.1, -0.05) is 23.7 Å². The second kappa shape index (κ2) is 9.25. The number of benzene rings is 2. The van der Waals surface area contributed by atoms with Gasteiger partial charge in [0.25, 0.3) is 0 Å². The molecule has 0 aliphatic carbocycles. The van der Waals surface area contributed by atoms with Crippen LogP contribution in [0.5, 0.6) is 5.75 Å². The third-order valence-electron chi connectivity index (χ3n) is 3.95. The molecule has 26 heavy (non-hydrogen) atoms. The van der Waals surface area contributed by atoms with Crippen LogP contribution in [0.25, 0.3) is 0 Å². The molecule has 2 rings (SSSR count). The Balaban J connectivity index is 1.70.